The van der Waals surface area contributed by atoms with Crippen molar-refractivity contribution in [2.75, 3.05) is 45.8 Å². The van der Waals surface area contributed by atoms with Gasteiger partial charge in [-0.3, -0.25) is 4.79 Å². The summed E-state index contributed by atoms with van der Waals surface area (Å²) in [5, 5.41) is 0. The summed E-state index contributed by atoms with van der Waals surface area (Å²) in [7, 11) is -3.62. The summed E-state index contributed by atoms with van der Waals surface area (Å²) in [4.78, 5) is 15.6. The summed E-state index contributed by atoms with van der Waals surface area (Å²) in [5.41, 5.74) is 0. The number of carbonyl (C=O) groups excluding carboxylic acids is 1. The first-order valence-corrected chi connectivity index (χ1v) is 10.7. The van der Waals surface area contributed by atoms with Gasteiger partial charge in [0.25, 0.3) is 5.91 Å². The third-order valence-electron chi connectivity index (χ3n) is 5.05. The van der Waals surface area contributed by atoms with E-state index in [4.69, 9.17) is 4.74 Å². The van der Waals surface area contributed by atoms with Gasteiger partial charge in [0.1, 0.15) is 5.82 Å². The molecule has 2 atom stereocenters. The number of morpholine rings is 1. The van der Waals surface area contributed by atoms with Crippen molar-refractivity contribution in [1.29, 1.82) is 0 Å². The van der Waals surface area contributed by atoms with Gasteiger partial charge in [0.15, 0.2) is 6.54 Å². The molecule has 27 heavy (non-hydrogen) atoms. The average molecular weight is 400 g/mol. The summed E-state index contributed by atoms with van der Waals surface area (Å²) in [6.07, 6.45) is 0.0656. The van der Waals surface area contributed by atoms with E-state index < -0.39 is 15.8 Å². The maximum atomic E-state index is 13.0. The fourth-order valence-corrected chi connectivity index (χ4v) is 5.12. The van der Waals surface area contributed by atoms with Crippen molar-refractivity contribution in [1.82, 2.24) is 9.21 Å². The standard InChI is InChI=1S/C18H26FN3O4S/c1-14-11-21(12-15(2)26-14)18(23)13-20-7-9-22(10-8-20)27(24,25)17-5-3-16(19)4-6-17/h3-6,14-15H,7-13H2,1-2H3/p+1/t14-,15-/m0/s1. The summed E-state index contributed by atoms with van der Waals surface area (Å²) < 4.78 is 45.4. The number of quaternary nitrogens is 1. The highest BCUT2D eigenvalue weighted by molar-refractivity contribution is 7.89. The molecule has 7 nitrogen and oxygen atoms in total. The second kappa shape index (κ2) is 8.22. The van der Waals surface area contributed by atoms with Crippen molar-refractivity contribution >= 4 is 15.9 Å². The average Bonchev–Trinajstić information content (AvgIpc) is 2.61. The molecule has 0 aromatic heterocycles. The maximum absolute atomic E-state index is 13.0. The lowest BCUT2D eigenvalue weighted by atomic mass is 10.2. The van der Waals surface area contributed by atoms with E-state index in [1.54, 1.807) is 0 Å². The van der Waals surface area contributed by atoms with E-state index in [0.717, 1.165) is 17.0 Å². The van der Waals surface area contributed by atoms with Gasteiger partial charge in [-0.1, -0.05) is 0 Å². The number of benzene rings is 1. The van der Waals surface area contributed by atoms with E-state index in [1.165, 1.54) is 16.4 Å². The quantitative estimate of drug-likeness (QED) is 0.729. The monoisotopic (exact) mass is 400 g/mol. The number of nitrogens with zero attached hydrogens (tertiary/aromatic N) is 2. The van der Waals surface area contributed by atoms with Gasteiger partial charge < -0.3 is 14.5 Å². The molecular formula is C18H27FN3O4S+. The number of hydrogen-bond acceptors (Lipinski definition) is 4. The Hall–Kier alpha value is -1.55. The minimum absolute atomic E-state index is 0.0328. The van der Waals surface area contributed by atoms with Crippen molar-refractivity contribution in [3.8, 4) is 0 Å². The van der Waals surface area contributed by atoms with Crippen molar-refractivity contribution in [3.05, 3.63) is 30.1 Å². The normalized spacial score (nSPS) is 25.5. The van der Waals surface area contributed by atoms with Crippen LogP contribution in [0.5, 0.6) is 0 Å². The van der Waals surface area contributed by atoms with Crippen molar-refractivity contribution in [2.45, 2.75) is 31.0 Å². The van der Waals surface area contributed by atoms with Crippen LogP contribution in [-0.4, -0.2) is 81.6 Å². The van der Waals surface area contributed by atoms with E-state index in [2.05, 4.69) is 0 Å². The molecule has 0 aliphatic carbocycles. The van der Waals surface area contributed by atoms with Crippen LogP contribution in [0.15, 0.2) is 29.2 Å². The molecule has 1 aromatic rings. The van der Waals surface area contributed by atoms with Gasteiger partial charge in [0, 0.05) is 13.1 Å². The Bertz CT molecular complexity index is 753. The topological polar surface area (TPSA) is 71.4 Å². The van der Waals surface area contributed by atoms with Crippen LogP contribution in [0.1, 0.15) is 13.8 Å². The Morgan fingerprint density at radius 3 is 2.26 bits per heavy atom. The zero-order valence-corrected chi connectivity index (χ0v) is 16.5. The lowest BCUT2D eigenvalue weighted by Gasteiger charge is -2.37. The van der Waals surface area contributed by atoms with Crippen LogP contribution in [0.3, 0.4) is 0 Å². The number of halogens is 1. The smallest absolute Gasteiger partial charge is 0.277 e. The molecule has 1 aromatic carbocycles. The van der Waals surface area contributed by atoms with Gasteiger partial charge in [-0.05, 0) is 38.1 Å². The minimum Gasteiger partial charge on any atom is -0.372 e. The first kappa shape index (κ1) is 20.2. The van der Waals surface area contributed by atoms with E-state index in [1.807, 2.05) is 18.7 Å². The molecule has 2 fully saturated rings. The highest BCUT2D eigenvalue weighted by Crippen LogP contribution is 2.16. The van der Waals surface area contributed by atoms with Crippen LogP contribution in [0, 0.1) is 5.82 Å². The van der Waals surface area contributed by atoms with Crippen LogP contribution in [0.4, 0.5) is 4.39 Å². The highest BCUT2D eigenvalue weighted by Gasteiger charge is 2.33. The number of amides is 1. The number of sulfonamides is 1. The molecule has 0 unspecified atom stereocenters. The van der Waals surface area contributed by atoms with Crippen molar-refractivity contribution in [2.24, 2.45) is 0 Å². The summed E-state index contributed by atoms with van der Waals surface area (Å²) in [6.45, 7) is 7.32. The molecular weight excluding hydrogens is 373 g/mol. The SMILES string of the molecule is C[C@H]1CN(C(=O)C[NH+]2CCN(S(=O)(=O)c3ccc(F)cc3)CC2)C[C@H](C)O1. The summed E-state index contributed by atoms with van der Waals surface area (Å²) in [6, 6.07) is 4.87. The fraction of sp³-hybridized carbons (Fsp3) is 0.611. The number of nitrogens with one attached hydrogen (secondary N) is 1. The molecule has 9 heteroatoms. The summed E-state index contributed by atoms with van der Waals surface area (Å²) >= 11 is 0. The lowest BCUT2D eigenvalue weighted by molar-refractivity contribution is -0.896. The third kappa shape index (κ3) is 4.84. The number of rotatable bonds is 4. The zero-order chi connectivity index (χ0) is 19.6. The van der Waals surface area contributed by atoms with Crippen LogP contribution < -0.4 is 4.90 Å². The van der Waals surface area contributed by atoms with Gasteiger partial charge in [0.05, 0.1) is 43.3 Å². The molecule has 1 N–H and O–H groups in total. The Balaban J connectivity index is 1.54. The third-order valence-corrected chi connectivity index (χ3v) is 6.97. The van der Waals surface area contributed by atoms with Crippen molar-refractivity contribution in [3.63, 3.8) is 0 Å². The van der Waals surface area contributed by atoms with Crippen LogP contribution in [0.2, 0.25) is 0 Å². The molecule has 2 heterocycles. The molecule has 0 spiro atoms. The van der Waals surface area contributed by atoms with Crippen molar-refractivity contribution < 1.29 is 27.2 Å². The van der Waals surface area contributed by atoms with Gasteiger partial charge in [-0.15, -0.1) is 0 Å². The molecule has 0 saturated carbocycles. The van der Waals surface area contributed by atoms with E-state index in [9.17, 15) is 17.6 Å². The van der Waals surface area contributed by atoms with E-state index in [-0.39, 0.29) is 23.0 Å². The zero-order valence-electron chi connectivity index (χ0n) is 15.7. The molecule has 150 valence electrons. The minimum atomic E-state index is -3.62. The van der Waals surface area contributed by atoms with Gasteiger partial charge in [-0.2, -0.15) is 4.31 Å². The molecule has 0 radical (unpaired) electrons. The van der Waals surface area contributed by atoms with E-state index in [0.29, 0.717) is 45.8 Å². The van der Waals surface area contributed by atoms with Gasteiger partial charge in [-0.25, -0.2) is 12.8 Å². The van der Waals surface area contributed by atoms with Crippen LogP contribution in [0.25, 0.3) is 0 Å². The number of ether oxygens (including phenoxy) is 1. The Kier molecular flexibility index (Phi) is 6.15. The molecule has 2 saturated heterocycles. The second-order valence-corrected chi connectivity index (χ2v) is 9.28. The Labute approximate surface area is 159 Å². The van der Waals surface area contributed by atoms with E-state index >= 15 is 0 Å². The largest absolute Gasteiger partial charge is 0.372 e. The number of carbonyl (C=O) groups is 1. The Morgan fingerprint density at radius 1 is 1.15 bits per heavy atom. The predicted molar refractivity (Wildman–Crippen MR) is 97.3 cm³/mol. The highest BCUT2D eigenvalue weighted by atomic mass is 32.2. The van der Waals surface area contributed by atoms with Crippen LogP contribution >= 0.6 is 0 Å². The molecule has 1 amide bonds. The first-order chi connectivity index (χ1) is 12.8. The maximum Gasteiger partial charge on any atom is 0.277 e. The molecule has 2 aliphatic rings. The first-order valence-electron chi connectivity index (χ1n) is 9.28. The fourth-order valence-electron chi connectivity index (χ4n) is 3.68. The molecule has 2 aliphatic heterocycles. The lowest BCUT2D eigenvalue weighted by Crippen LogP contribution is -3.15. The van der Waals surface area contributed by atoms with Gasteiger partial charge in [0.2, 0.25) is 10.0 Å². The van der Waals surface area contributed by atoms with Gasteiger partial charge >= 0.3 is 0 Å². The molecule has 3 rings (SSSR count). The predicted octanol–water partition coefficient (Wildman–Crippen LogP) is -0.649. The second-order valence-electron chi connectivity index (χ2n) is 7.34. The number of hydrogen-bond donors (Lipinski definition) is 1. The molecule has 0 bridgehead atoms. The Morgan fingerprint density at radius 2 is 1.70 bits per heavy atom. The van der Waals surface area contributed by atoms with Crippen LogP contribution in [-0.2, 0) is 19.6 Å². The summed E-state index contributed by atoms with van der Waals surface area (Å²) in [5.74, 6) is -0.379. The number of piperazine rings is 1.